The number of carbonyl (C=O) groups excluding carboxylic acids is 1. The maximum absolute atomic E-state index is 12.2. The summed E-state index contributed by atoms with van der Waals surface area (Å²) in [5.41, 5.74) is 2.87. The van der Waals surface area contributed by atoms with Gasteiger partial charge in [-0.05, 0) is 38.5 Å². The second-order valence-corrected chi connectivity index (χ2v) is 6.90. The molecule has 0 radical (unpaired) electrons. The highest BCUT2D eigenvalue weighted by Crippen LogP contribution is 2.28. The van der Waals surface area contributed by atoms with E-state index < -0.39 is 0 Å². The molecule has 7 heteroatoms. The van der Waals surface area contributed by atoms with Crippen molar-refractivity contribution in [2.75, 3.05) is 5.32 Å². The van der Waals surface area contributed by atoms with E-state index in [0.29, 0.717) is 5.82 Å². The van der Waals surface area contributed by atoms with Crippen LogP contribution in [-0.4, -0.2) is 25.5 Å². The summed E-state index contributed by atoms with van der Waals surface area (Å²) in [5, 5.41) is 11.6. The summed E-state index contributed by atoms with van der Waals surface area (Å²) in [5.74, 6) is 0.565. The summed E-state index contributed by atoms with van der Waals surface area (Å²) in [7, 11) is 1.80. The predicted molar refractivity (Wildman–Crippen MR) is 91.6 cm³/mol. The molecule has 3 heterocycles. The highest BCUT2D eigenvalue weighted by atomic mass is 32.1. The van der Waals surface area contributed by atoms with Crippen LogP contribution in [0.2, 0.25) is 0 Å². The molecule has 1 amide bonds. The number of nitrogens with one attached hydrogen (secondary N) is 1. The van der Waals surface area contributed by atoms with Gasteiger partial charge in [-0.15, -0.1) is 11.3 Å². The van der Waals surface area contributed by atoms with Crippen LogP contribution < -0.4 is 5.32 Å². The van der Waals surface area contributed by atoms with Crippen LogP contribution in [0.25, 0.3) is 10.6 Å². The number of rotatable bonds is 4. The standard InChI is InChI=1S/C16H19N5OS/c1-10-8-21(19-16(10)13-6-5-12(3)23-13)9-15(22)17-14-7-11(2)18-20(14)4/h5-8H,9H2,1-4H3,(H,17,22). The molecule has 0 unspecified atom stereocenters. The number of carbonyl (C=O) groups is 1. The summed E-state index contributed by atoms with van der Waals surface area (Å²) < 4.78 is 3.33. The van der Waals surface area contributed by atoms with Crippen molar-refractivity contribution in [2.45, 2.75) is 27.3 Å². The fourth-order valence-electron chi connectivity index (χ4n) is 2.46. The monoisotopic (exact) mass is 329 g/mol. The van der Waals surface area contributed by atoms with Crippen molar-refractivity contribution in [2.24, 2.45) is 7.05 Å². The second-order valence-electron chi connectivity index (χ2n) is 5.61. The summed E-state index contributed by atoms with van der Waals surface area (Å²) >= 11 is 1.71. The SMILES string of the molecule is Cc1cc(NC(=O)Cn2cc(C)c(-c3ccc(C)s3)n2)n(C)n1. The number of amides is 1. The molecular weight excluding hydrogens is 310 g/mol. The summed E-state index contributed by atoms with van der Waals surface area (Å²) in [4.78, 5) is 14.6. The highest BCUT2D eigenvalue weighted by molar-refractivity contribution is 7.15. The summed E-state index contributed by atoms with van der Waals surface area (Å²) in [6, 6.07) is 5.99. The molecule has 6 nitrogen and oxygen atoms in total. The Morgan fingerprint density at radius 3 is 2.65 bits per heavy atom. The Hall–Kier alpha value is -2.41. The topological polar surface area (TPSA) is 64.7 Å². The maximum Gasteiger partial charge on any atom is 0.247 e. The number of aryl methyl sites for hydroxylation is 4. The second kappa shape index (κ2) is 6.00. The Kier molecular flexibility index (Phi) is 4.04. The third-order valence-electron chi connectivity index (χ3n) is 3.49. The molecular formula is C16H19N5OS. The minimum absolute atomic E-state index is 0.121. The van der Waals surface area contributed by atoms with Crippen molar-refractivity contribution < 1.29 is 4.79 Å². The van der Waals surface area contributed by atoms with Gasteiger partial charge >= 0.3 is 0 Å². The molecule has 0 saturated heterocycles. The van der Waals surface area contributed by atoms with Gasteiger partial charge in [0.15, 0.2) is 0 Å². The van der Waals surface area contributed by atoms with Crippen molar-refractivity contribution >= 4 is 23.1 Å². The van der Waals surface area contributed by atoms with Crippen LogP contribution in [0, 0.1) is 20.8 Å². The van der Waals surface area contributed by atoms with E-state index in [1.54, 1.807) is 27.7 Å². The number of hydrogen-bond donors (Lipinski definition) is 1. The molecule has 0 spiro atoms. The van der Waals surface area contributed by atoms with Crippen molar-refractivity contribution in [3.8, 4) is 10.6 Å². The molecule has 0 fully saturated rings. The zero-order valence-electron chi connectivity index (χ0n) is 13.6. The maximum atomic E-state index is 12.2. The van der Waals surface area contributed by atoms with Crippen molar-refractivity contribution in [1.82, 2.24) is 19.6 Å². The predicted octanol–water partition coefficient (Wildman–Crippen LogP) is 2.91. The molecule has 0 aliphatic heterocycles. The lowest BCUT2D eigenvalue weighted by Crippen LogP contribution is -2.20. The lowest BCUT2D eigenvalue weighted by atomic mass is 10.2. The molecule has 0 saturated carbocycles. The Morgan fingerprint density at radius 2 is 2.04 bits per heavy atom. The Morgan fingerprint density at radius 1 is 1.26 bits per heavy atom. The van der Waals surface area contributed by atoms with Crippen LogP contribution >= 0.6 is 11.3 Å². The zero-order chi connectivity index (χ0) is 16.6. The quantitative estimate of drug-likeness (QED) is 0.800. The zero-order valence-corrected chi connectivity index (χ0v) is 14.4. The smallest absolute Gasteiger partial charge is 0.247 e. The summed E-state index contributed by atoms with van der Waals surface area (Å²) in [6.45, 7) is 6.15. The van der Waals surface area contributed by atoms with E-state index in [0.717, 1.165) is 21.8 Å². The van der Waals surface area contributed by atoms with E-state index in [4.69, 9.17) is 0 Å². The van der Waals surface area contributed by atoms with Gasteiger partial charge in [0.1, 0.15) is 18.1 Å². The number of anilines is 1. The van der Waals surface area contributed by atoms with Gasteiger partial charge in [0, 0.05) is 24.2 Å². The van der Waals surface area contributed by atoms with Crippen LogP contribution in [0.3, 0.4) is 0 Å². The third-order valence-corrected chi connectivity index (χ3v) is 4.50. The van der Waals surface area contributed by atoms with Crippen molar-refractivity contribution in [1.29, 1.82) is 0 Å². The summed E-state index contributed by atoms with van der Waals surface area (Å²) in [6.07, 6.45) is 1.90. The lowest BCUT2D eigenvalue weighted by molar-refractivity contribution is -0.116. The highest BCUT2D eigenvalue weighted by Gasteiger charge is 2.13. The van der Waals surface area contributed by atoms with Gasteiger partial charge in [0.25, 0.3) is 0 Å². The fraction of sp³-hybridized carbons (Fsp3) is 0.312. The first-order chi connectivity index (χ1) is 10.9. The molecule has 3 rings (SSSR count). The van der Waals surface area contributed by atoms with Crippen LogP contribution in [0.1, 0.15) is 16.1 Å². The van der Waals surface area contributed by atoms with Crippen LogP contribution in [0.15, 0.2) is 24.4 Å². The van der Waals surface area contributed by atoms with E-state index >= 15 is 0 Å². The minimum Gasteiger partial charge on any atom is -0.309 e. The van der Waals surface area contributed by atoms with Gasteiger partial charge in [-0.1, -0.05) is 0 Å². The van der Waals surface area contributed by atoms with Crippen molar-refractivity contribution in [3.05, 3.63) is 40.5 Å². The van der Waals surface area contributed by atoms with E-state index in [-0.39, 0.29) is 12.5 Å². The minimum atomic E-state index is -0.121. The molecule has 3 aromatic rings. The largest absolute Gasteiger partial charge is 0.309 e. The van der Waals surface area contributed by atoms with Gasteiger partial charge in [-0.3, -0.25) is 14.2 Å². The van der Waals surface area contributed by atoms with E-state index in [2.05, 4.69) is 34.6 Å². The molecule has 23 heavy (non-hydrogen) atoms. The van der Waals surface area contributed by atoms with Gasteiger partial charge in [0.05, 0.1) is 10.6 Å². The first kappa shape index (κ1) is 15.5. The number of aromatic nitrogens is 4. The normalized spacial score (nSPS) is 11.0. The number of hydrogen-bond acceptors (Lipinski definition) is 4. The molecule has 0 aliphatic rings. The molecule has 120 valence electrons. The molecule has 0 aliphatic carbocycles. The van der Waals surface area contributed by atoms with E-state index in [1.165, 1.54) is 4.88 Å². The number of nitrogens with zero attached hydrogens (tertiary/aromatic N) is 4. The van der Waals surface area contributed by atoms with Gasteiger partial charge in [-0.25, -0.2) is 0 Å². The Bertz CT molecular complexity index is 858. The van der Waals surface area contributed by atoms with E-state index in [1.807, 2.05) is 26.1 Å². The van der Waals surface area contributed by atoms with Gasteiger partial charge in [-0.2, -0.15) is 10.2 Å². The van der Waals surface area contributed by atoms with Crippen molar-refractivity contribution in [3.63, 3.8) is 0 Å². The molecule has 0 aromatic carbocycles. The molecule has 0 atom stereocenters. The first-order valence-electron chi connectivity index (χ1n) is 7.34. The lowest BCUT2D eigenvalue weighted by Gasteiger charge is -2.05. The van der Waals surface area contributed by atoms with Crippen LogP contribution in [-0.2, 0) is 18.4 Å². The Labute approximate surface area is 138 Å². The fourth-order valence-corrected chi connectivity index (χ4v) is 3.38. The first-order valence-corrected chi connectivity index (χ1v) is 8.15. The van der Waals surface area contributed by atoms with Crippen LogP contribution in [0.4, 0.5) is 5.82 Å². The number of thiophene rings is 1. The van der Waals surface area contributed by atoms with Gasteiger partial charge < -0.3 is 5.32 Å². The molecule has 3 aromatic heterocycles. The Balaban J connectivity index is 1.73. The van der Waals surface area contributed by atoms with E-state index in [9.17, 15) is 4.79 Å². The average Bonchev–Trinajstić information content (AvgIpc) is 3.11. The third kappa shape index (κ3) is 3.34. The molecule has 1 N–H and O–H groups in total. The van der Waals surface area contributed by atoms with Crippen LogP contribution in [0.5, 0.6) is 0 Å². The van der Waals surface area contributed by atoms with Gasteiger partial charge in [0.2, 0.25) is 5.91 Å². The average molecular weight is 329 g/mol. The molecule has 0 bridgehead atoms.